The standard InChI is InChI=1S/C19H25ClN2O2/c1-15(23)12-21-9-10-22-13-17-3-2-4-19(11-17)24-14-16-5-7-18(20)8-6-16/h2-8,11,15,21-23H,9-10,12-14H2,1H3/t15-/m0/s1. The van der Waals surface area contributed by atoms with Gasteiger partial charge < -0.3 is 20.5 Å². The molecule has 24 heavy (non-hydrogen) atoms. The van der Waals surface area contributed by atoms with E-state index in [2.05, 4.69) is 16.7 Å². The van der Waals surface area contributed by atoms with Crippen LogP contribution in [-0.2, 0) is 13.2 Å². The maximum Gasteiger partial charge on any atom is 0.120 e. The quantitative estimate of drug-likeness (QED) is 0.578. The van der Waals surface area contributed by atoms with Gasteiger partial charge in [0.15, 0.2) is 0 Å². The van der Waals surface area contributed by atoms with Crippen molar-refractivity contribution in [3.05, 3.63) is 64.7 Å². The maximum absolute atomic E-state index is 9.16. The number of ether oxygens (including phenoxy) is 1. The topological polar surface area (TPSA) is 53.5 Å². The third kappa shape index (κ3) is 7.32. The lowest BCUT2D eigenvalue weighted by Gasteiger charge is -2.10. The second kappa shape index (κ2) is 10.3. The zero-order valence-electron chi connectivity index (χ0n) is 14.0. The van der Waals surface area contributed by atoms with Gasteiger partial charge in [-0.15, -0.1) is 0 Å². The van der Waals surface area contributed by atoms with Crippen LogP contribution in [0.1, 0.15) is 18.1 Å². The Morgan fingerprint density at radius 2 is 1.79 bits per heavy atom. The van der Waals surface area contributed by atoms with Crippen molar-refractivity contribution >= 4 is 11.6 Å². The first-order chi connectivity index (χ1) is 11.6. The minimum atomic E-state index is -0.306. The lowest BCUT2D eigenvalue weighted by Crippen LogP contribution is -2.31. The first-order valence-electron chi connectivity index (χ1n) is 8.19. The van der Waals surface area contributed by atoms with Crippen LogP contribution in [0, 0.1) is 0 Å². The van der Waals surface area contributed by atoms with Gasteiger partial charge in [0.2, 0.25) is 0 Å². The third-order valence-electron chi connectivity index (χ3n) is 3.46. The highest BCUT2D eigenvalue weighted by atomic mass is 35.5. The second-order valence-electron chi connectivity index (χ2n) is 5.79. The van der Waals surface area contributed by atoms with Gasteiger partial charge >= 0.3 is 0 Å². The molecular formula is C19H25ClN2O2. The molecule has 0 aliphatic rings. The van der Waals surface area contributed by atoms with E-state index in [0.717, 1.165) is 36.0 Å². The minimum absolute atomic E-state index is 0.306. The van der Waals surface area contributed by atoms with E-state index < -0.39 is 0 Å². The van der Waals surface area contributed by atoms with Gasteiger partial charge in [-0.3, -0.25) is 0 Å². The zero-order valence-corrected chi connectivity index (χ0v) is 14.7. The van der Waals surface area contributed by atoms with Gasteiger partial charge in [0.1, 0.15) is 12.4 Å². The molecule has 2 aromatic rings. The Kier molecular flexibility index (Phi) is 8.05. The molecule has 0 aliphatic carbocycles. The van der Waals surface area contributed by atoms with Gasteiger partial charge in [-0.25, -0.2) is 0 Å². The predicted molar refractivity (Wildman–Crippen MR) is 98.5 cm³/mol. The van der Waals surface area contributed by atoms with Gasteiger partial charge in [-0.2, -0.15) is 0 Å². The molecule has 130 valence electrons. The van der Waals surface area contributed by atoms with E-state index in [0.29, 0.717) is 13.2 Å². The molecular weight excluding hydrogens is 324 g/mol. The zero-order chi connectivity index (χ0) is 17.2. The third-order valence-corrected chi connectivity index (χ3v) is 3.72. The van der Waals surface area contributed by atoms with Crippen molar-refractivity contribution in [1.29, 1.82) is 0 Å². The average molecular weight is 349 g/mol. The van der Waals surface area contributed by atoms with Crippen molar-refractivity contribution in [3.8, 4) is 5.75 Å². The van der Waals surface area contributed by atoms with Gasteiger partial charge in [0.05, 0.1) is 6.10 Å². The van der Waals surface area contributed by atoms with Crippen LogP contribution in [0.15, 0.2) is 48.5 Å². The first-order valence-corrected chi connectivity index (χ1v) is 8.57. The number of rotatable bonds is 10. The van der Waals surface area contributed by atoms with Crippen LogP contribution >= 0.6 is 11.6 Å². The molecule has 0 aromatic heterocycles. The number of aliphatic hydroxyl groups is 1. The monoisotopic (exact) mass is 348 g/mol. The molecule has 0 saturated carbocycles. The fourth-order valence-electron chi connectivity index (χ4n) is 2.21. The molecule has 0 unspecified atom stereocenters. The van der Waals surface area contributed by atoms with E-state index in [1.54, 1.807) is 6.92 Å². The molecule has 3 N–H and O–H groups in total. The van der Waals surface area contributed by atoms with Crippen molar-refractivity contribution in [2.75, 3.05) is 19.6 Å². The summed E-state index contributed by atoms with van der Waals surface area (Å²) in [6, 6.07) is 15.8. The Labute approximate surface area is 148 Å². The Balaban J connectivity index is 1.71. The molecule has 2 rings (SSSR count). The molecule has 0 fully saturated rings. The number of nitrogens with one attached hydrogen (secondary N) is 2. The summed E-state index contributed by atoms with van der Waals surface area (Å²) < 4.78 is 5.83. The average Bonchev–Trinajstić information content (AvgIpc) is 2.58. The van der Waals surface area contributed by atoms with Gasteiger partial charge in [-0.05, 0) is 42.3 Å². The van der Waals surface area contributed by atoms with E-state index in [-0.39, 0.29) is 6.10 Å². The van der Waals surface area contributed by atoms with Gasteiger partial charge in [0, 0.05) is 31.2 Å². The summed E-state index contributed by atoms with van der Waals surface area (Å²) in [6.07, 6.45) is -0.306. The van der Waals surface area contributed by atoms with E-state index in [1.807, 2.05) is 42.5 Å². The molecule has 0 heterocycles. The van der Waals surface area contributed by atoms with Crippen LogP contribution in [0.2, 0.25) is 5.02 Å². The summed E-state index contributed by atoms with van der Waals surface area (Å²) in [5, 5.41) is 16.4. The molecule has 0 spiro atoms. The number of benzene rings is 2. The van der Waals surface area contributed by atoms with E-state index >= 15 is 0 Å². The minimum Gasteiger partial charge on any atom is -0.489 e. The molecule has 0 aliphatic heterocycles. The Hall–Kier alpha value is -1.59. The highest BCUT2D eigenvalue weighted by Crippen LogP contribution is 2.16. The molecule has 0 amide bonds. The Morgan fingerprint density at radius 3 is 2.54 bits per heavy atom. The molecule has 0 bridgehead atoms. The summed E-state index contributed by atoms with van der Waals surface area (Å²) in [7, 11) is 0. The molecule has 0 radical (unpaired) electrons. The number of hydrogen-bond donors (Lipinski definition) is 3. The molecule has 0 saturated heterocycles. The SMILES string of the molecule is C[C@H](O)CNCCNCc1cccc(OCc2ccc(Cl)cc2)c1. The highest BCUT2D eigenvalue weighted by Gasteiger charge is 1.99. The smallest absolute Gasteiger partial charge is 0.120 e. The predicted octanol–water partition coefficient (Wildman–Crippen LogP) is 2.98. The molecule has 1 atom stereocenters. The van der Waals surface area contributed by atoms with Crippen molar-refractivity contribution in [1.82, 2.24) is 10.6 Å². The van der Waals surface area contributed by atoms with Gasteiger partial charge in [0.25, 0.3) is 0 Å². The van der Waals surface area contributed by atoms with Gasteiger partial charge in [-0.1, -0.05) is 35.9 Å². The van der Waals surface area contributed by atoms with Crippen LogP contribution in [0.25, 0.3) is 0 Å². The van der Waals surface area contributed by atoms with Crippen molar-refractivity contribution < 1.29 is 9.84 Å². The van der Waals surface area contributed by atoms with Crippen LogP contribution in [-0.4, -0.2) is 30.8 Å². The largest absolute Gasteiger partial charge is 0.489 e. The number of aliphatic hydroxyl groups excluding tert-OH is 1. The Bertz CT molecular complexity index is 603. The van der Waals surface area contributed by atoms with Crippen molar-refractivity contribution in [2.24, 2.45) is 0 Å². The number of halogens is 1. The van der Waals surface area contributed by atoms with Crippen molar-refractivity contribution in [2.45, 2.75) is 26.2 Å². The van der Waals surface area contributed by atoms with E-state index in [1.165, 1.54) is 5.56 Å². The maximum atomic E-state index is 9.16. The van der Waals surface area contributed by atoms with Crippen LogP contribution < -0.4 is 15.4 Å². The second-order valence-corrected chi connectivity index (χ2v) is 6.23. The lowest BCUT2D eigenvalue weighted by molar-refractivity contribution is 0.191. The van der Waals surface area contributed by atoms with Crippen LogP contribution in [0.5, 0.6) is 5.75 Å². The summed E-state index contributed by atoms with van der Waals surface area (Å²) in [6.45, 7) is 5.39. The van der Waals surface area contributed by atoms with E-state index in [9.17, 15) is 0 Å². The van der Waals surface area contributed by atoms with Crippen LogP contribution in [0.4, 0.5) is 0 Å². The fraction of sp³-hybridized carbons (Fsp3) is 0.368. The first kappa shape index (κ1) is 18.7. The highest BCUT2D eigenvalue weighted by molar-refractivity contribution is 6.30. The Morgan fingerprint density at radius 1 is 1.04 bits per heavy atom. The summed E-state index contributed by atoms with van der Waals surface area (Å²) in [5.74, 6) is 0.858. The molecule has 5 heteroatoms. The van der Waals surface area contributed by atoms with E-state index in [4.69, 9.17) is 21.4 Å². The molecule has 2 aromatic carbocycles. The van der Waals surface area contributed by atoms with Crippen molar-refractivity contribution in [3.63, 3.8) is 0 Å². The van der Waals surface area contributed by atoms with Crippen LogP contribution in [0.3, 0.4) is 0 Å². The lowest BCUT2D eigenvalue weighted by atomic mass is 10.2. The summed E-state index contributed by atoms with van der Waals surface area (Å²) in [5.41, 5.74) is 2.27. The number of hydrogen-bond acceptors (Lipinski definition) is 4. The summed E-state index contributed by atoms with van der Waals surface area (Å²) in [4.78, 5) is 0. The summed E-state index contributed by atoms with van der Waals surface area (Å²) >= 11 is 5.88. The fourth-order valence-corrected chi connectivity index (χ4v) is 2.34. The normalized spacial score (nSPS) is 12.1. The molecule has 4 nitrogen and oxygen atoms in total.